The van der Waals surface area contributed by atoms with Crippen molar-refractivity contribution in [2.24, 2.45) is 0 Å². The number of ether oxygens (including phenoxy) is 1. The molecule has 2 aromatic rings. The molecule has 0 heterocycles. The number of carboxylic acid groups (broad SMARTS) is 1. The zero-order chi connectivity index (χ0) is 14.7. The Labute approximate surface area is 112 Å². The van der Waals surface area contributed by atoms with E-state index in [0.717, 1.165) is 12.1 Å². The lowest BCUT2D eigenvalue weighted by Gasteiger charge is -2.06. The first kappa shape index (κ1) is 13.5. The van der Waals surface area contributed by atoms with Crippen LogP contribution in [-0.4, -0.2) is 16.0 Å². The van der Waals surface area contributed by atoms with Crippen molar-refractivity contribution in [2.75, 3.05) is 0 Å². The second-order valence-electron chi connectivity index (χ2n) is 3.80. The quantitative estimate of drug-likeness (QED) is 0.684. The van der Waals surface area contributed by atoms with Crippen molar-refractivity contribution in [1.82, 2.24) is 0 Å². The number of rotatable bonds is 4. The largest absolute Gasteiger partial charge is 0.477 e. The van der Waals surface area contributed by atoms with Crippen LogP contribution in [0, 0.1) is 15.9 Å². The second-order valence-corrected chi connectivity index (χ2v) is 3.80. The molecule has 0 saturated heterocycles. The summed E-state index contributed by atoms with van der Waals surface area (Å²) in [5, 5.41) is 19.7. The highest BCUT2D eigenvalue weighted by Gasteiger charge is 2.20. The van der Waals surface area contributed by atoms with Gasteiger partial charge in [0.15, 0.2) is 0 Å². The van der Waals surface area contributed by atoms with Gasteiger partial charge in [-0.3, -0.25) is 10.1 Å². The van der Waals surface area contributed by atoms with Gasteiger partial charge >= 0.3 is 5.97 Å². The average Bonchev–Trinajstić information content (AvgIpc) is 2.41. The van der Waals surface area contributed by atoms with Gasteiger partial charge in [-0.15, -0.1) is 0 Å². The molecule has 0 atom stereocenters. The molecule has 0 unspecified atom stereocenters. The number of halogens is 1. The van der Waals surface area contributed by atoms with Gasteiger partial charge in [0.2, 0.25) is 0 Å². The Morgan fingerprint density at radius 2 is 1.75 bits per heavy atom. The van der Waals surface area contributed by atoms with Crippen LogP contribution in [0.2, 0.25) is 0 Å². The summed E-state index contributed by atoms with van der Waals surface area (Å²) in [7, 11) is 0. The van der Waals surface area contributed by atoms with Crippen molar-refractivity contribution in [1.29, 1.82) is 0 Å². The summed E-state index contributed by atoms with van der Waals surface area (Å²) in [4.78, 5) is 20.9. The summed E-state index contributed by atoms with van der Waals surface area (Å²) < 4.78 is 18.0. The molecule has 2 aromatic carbocycles. The summed E-state index contributed by atoms with van der Waals surface area (Å²) in [5.41, 5.74) is -1.00. The van der Waals surface area contributed by atoms with E-state index in [0.29, 0.717) is 0 Å². The number of nitro groups is 1. The maximum Gasteiger partial charge on any atom is 0.342 e. The van der Waals surface area contributed by atoms with Crippen molar-refractivity contribution in [2.45, 2.75) is 0 Å². The molecule has 1 N–H and O–H groups in total. The van der Waals surface area contributed by atoms with Crippen LogP contribution in [0.1, 0.15) is 10.4 Å². The van der Waals surface area contributed by atoms with Crippen LogP contribution in [0.3, 0.4) is 0 Å². The third kappa shape index (κ3) is 2.89. The second kappa shape index (κ2) is 5.35. The van der Waals surface area contributed by atoms with E-state index in [1.165, 1.54) is 30.3 Å². The van der Waals surface area contributed by atoms with Crippen molar-refractivity contribution in [3.63, 3.8) is 0 Å². The van der Waals surface area contributed by atoms with Crippen molar-refractivity contribution in [3.05, 3.63) is 64.0 Å². The smallest absolute Gasteiger partial charge is 0.342 e. The molecule has 102 valence electrons. The van der Waals surface area contributed by atoms with E-state index in [1.54, 1.807) is 0 Å². The normalized spacial score (nSPS) is 10.1. The summed E-state index contributed by atoms with van der Waals surface area (Å²) in [5.74, 6) is -1.47. The predicted molar refractivity (Wildman–Crippen MR) is 66.5 cm³/mol. The maximum absolute atomic E-state index is 12.7. The number of benzene rings is 2. The minimum absolute atomic E-state index is 0.0910. The highest BCUT2D eigenvalue weighted by atomic mass is 19.1. The van der Waals surface area contributed by atoms with Crippen LogP contribution in [0.25, 0.3) is 0 Å². The summed E-state index contributed by atoms with van der Waals surface area (Å²) in [6.45, 7) is 0. The number of carbonyl (C=O) groups is 1. The minimum Gasteiger partial charge on any atom is -0.477 e. The van der Waals surface area contributed by atoms with Gasteiger partial charge in [0.05, 0.1) is 11.0 Å². The van der Waals surface area contributed by atoms with Crippen LogP contribution >= 0.6 is 0 Å². The van der Waals surface area contributed by atoms with Gasteiger partial charge in [-0.05, 0) is 36.4 Å². The topological polar surface area (TPSA) is 89.7 Å². The van der Waals surface area contributed by atoms with Crippen LogP contribution in [-0.2, 0) is 0 Å². The lowest BCUT2D eigenvalue weighted by molar-refractivity contribution is -0.385. The van der Waals surface area contributed by atoms with Gasteiger partial charge in [0, 0.05) is 0 Å². The Morgan fingerprint density at radius 1 is 1.15 bits per heavy atom. The zero-order valence-corrected chi connectivity index (χ0v) is 9.95. The van der Waals surface area contributed by atoms with Gasteiger partial charge < -0.3 is 9.84 Å². The molecule has 0 aliphatic rings. The fourth-order valence-corrected chi connectivity index (χ4v) is 1.55. The van der Waals surface area contributed by atoms with E-state index in [1.807, 2.05) is 0 Å². The molecule has 7 heteroatoms. The molecule has 0 aliphatic heterocycles. The molecule has 6 nitrogen and oxygen atoms in total. The minimum atomic E-state index is -1.40. The van der Waals surface area contributed by atoms with E-state index < -0.39 is 28.0 Å². The Bertz CT molecular complexity index is 669. The first-order chi connectivity index (χ1) is 9.47. The van der Waals surface area contributed by atoms with Crippen LogP contribution in [0.4, 0.5) is 10.1 Å². The maximum atomic E-state index is 12.7. The van der Waals surface area contributed by atoms with E-state index >= 15 is 0 Å². The van der Waals surface area contributed by atoms with Gasteiger partial charge in [0.25, 0.3) is 5.69 Å². The lowest BCUT2D eigenvalue weighted by atomic mass is 10.1. The highest BCUT2D eigenvalue weighted by molar-refractivity contribution is 5.92. The molecule has 0 radical (unpaired) electrons. The fourth-order valence-electron chi connectivity index (χ4n) is 1.55. The number of hydrogen-bond donors (Lipinski definition) is 1. The van der Waals surface area contributed by atoms with Gasteiger partial charge in [-0.1, -0.05) is 0 Å². The lowest BCUT2D eigenvalue weighted by Crippen LogP contribution is -2.02. The van der Waals surface area contributed by atoms with Crippen LogP contribution in [0.5, 0.6) is 11.5 Å². The first-order valence-electron chi connectivity index (χ1n) is 5.42. The van der Waals surface area contributed by atoms with Crippen molar-refractivity contribution < 1.29 is 24.0 Å². The molecule has 0 fully saturated rings. The summed E-state index contributed by atoms with van der Waals surface area (Å²) in [6.07, 6.45) is 0. The molecule has 0 aliphatic carbocycles. The third-order valence-corrected chi connectivity index (χ3v) is 2.45. The Balaban J connectivity index is 2.34. The molecule has 0 bridgehead atoms. The zero-order valence-electron chi connectivity index (χ0n) is 9.95. The summed E-state index contributed by atoms with van der Waals surface area (Å²) in [6, 6.07) is 8.44. The molecule has 2 rings (SSSR count). The average molecular weight is 277 g/mol. The fraction of sp³-hybridized carbons (Fsp3) is 0. The Morgan fingerprint density at radius 3 is 2.30 bits per heavy atom. The molecule has 20 heavy (non-hydrogen) atoms. The number of nitrogens with zero attached hydrogens (tertiary/aromatic N) is 1. The van der Waals surface area contributed by atoms with Crippen LogP contribution < -0.4 is 4.74 Å². The van der Waals surface area contributed by atoms with Gasteiger partial charge in [-0.25, -0.2) is 9.18 Å². The molecule has 0 saturated carbocycles. The number of hydrogen-bond acceptors (Lipinski definition) is 4. The van der Waals surface area contributed by atoms with E-state index in [9.17, 15) is 19.3 Å². The van der Waals surface area contributed by atoms with Gasteiger partial charge in [0.1, 0.15) is 22.9 Å². The molecule has 0 amide bonds. The first-order valence-corrected chi connectivity index (χ1v) is 5.42. The number of nitro benzene ring substituents is 1. The van der Waals surface area contributed by atoms with Crippen molar-refractivity contribution >= 4 is 11.7 Å². The van der Waals surface area contributed by atoms with E-state index in [4.69, 9.17) is 9.84 Å². The monoisotopic (exact) mass is 277 g/mol. The van der Waals surface area contributed by atoms with E-state index in [2.05, 4.69) is 0 Å². The molecular formula is C13H8FNO5. The standard InChI is InChI=1S/C13H8FNO5/c14-8-1-3-9(4-2-8)20-10-5-6-11(13(16)17)12(7-10)15(18)19/h1-7H,(H,16,17). The number of carboxylic acids is 1. The number of aromatic carboxylic acids is 1. The molecular weight excluding hydrogens is 269 g/mol. The Hall–Kier alpha value is -2.96. The summed E-state index contributed by atoms with van der Waals surface area (Å²) >= 11 is 0. The third-order valence-electron chi connectivity index (χ3n) is 2.45. The molecule has 0 aromatic heterocycles. The van der Waals surface area contributed by atoms with Crippen LogP contribution in [0.15, 0.2) is 42.5 Å². The van der Waals surface area contributed by atoms with E-state index in [-0.39, 0.29) is 11.5 Å². The Kier molecular flexibility index (Phi) is 3.60. The molecule has 0 spiro atoms. The highest BCUT2D eigenvalue weighted by Crippen LogP contribution is 2.28. The van der Waals surface area contributed by atoms with Crippen molar-refractivity contribution in [3.8, 4) is 11.5 Å². The predicted octanol–water partition coefficient (Wildman–Crippen LogP) is 3.22. The van der Waals surface area contributed by atoms with Gasteiger partial charge in [-0.2, -0.15) is 0 Å². The SMILES string of the molecule is O=C(O)c1ccc(Oc2ccc(F)cc2)cc1[N+](=O)[O-].